The molecule has 5 amide bonds. The molecular formula is C21H21FN4O5. The zero-order valence-corrected chi connectivity index (χ0v) is 16.7. The van der Waals surface area contributed by atoms with E-state index in [9.17, 15) is 23.6 Å². The Morgan fingerprint density at radius 2 is 1.77 bits per heavy atom. The molecule has 1 fully saturated rings. The van der Waals surface area contributed by atoms with E-state index in [2.05, 4.69) is 10.6 Å². The van der Waals surface area contributed by atoms with E-state index >= 15 is 0 Å². The Morgan fingerprint density at radius 3 is 2.39 bits per heavy atom. The zero-order valence-electron chi connectivity index (χ0n) is 16.7. The SMILES string of the molecule is C[C@]1(c2ccc(OCC(N)=O)cc2)NC(=O)N(CC(=O)NCc2ccc(F)cc2)C1=O. The van der Waals surface area contributed by atoms with Crippen LogP contribution in [0.3, 0.4) is 0 Å². The highest BCUT2D eigenvalue weighted by molar-refractivity contribution is 6.09. The number of ether oxygens (including phenoxy) is 1. The molecule has 162 valence electrons. The van der Waals surface area contributed by atoms with Crippen molar-refractivity contribution in [2.75, 3.05) is 13.2 Å². The van der Waals surface area contributed by atoms with Gasteiger partial charge in [-0.3, -0.25) is 19.3 Å². The lowest BCUT2D eigenvalue weighted by molar-refractivity contribution is -0.134. The van der Waals surface area contributed by atoms with Crippen LogP contribution < -0.4 is 21.1 Å². The van der Waals surface area contributed by atoms with Crippen molar-refractivity contribution in [3.63, 3.8) is 0 Å². The number of nitrogens with zero attached hydrogens (tertiary/aromatic N) is 1. The number of nitrogens with two attached hydrogens (primary N) is 1. The van der Waals surface area contributed by atoms with Gasteiger partial charge in [0.2, 0.25) is 5.91 Å². The lowest BCUT2D eigenvalue weighted by Gasteiger charge is -2.22. The highest BCUT2D eigenvalue weighted by atomic mass is 19.1. The highest BCUT2D eigenvalue weighted by Crippen LogP contribution is 2.30. The molecule has 1 saturated heterocycles. The lowest BCUT2D eigenvalue weighted by Crippen LogP contribution is -2.43. The number of primary amides is 1. The molecule has 0 saturated carbocycles. The summed E-state index contributed by atoms with van der Waals surface area (Å²) >= 11 is 0. The van der Waals surface area contributed by atoms with Gasteiger partial charge in [-0.15, -0.1) is 0 Å². The Morgan fingerprint density at radius 1 is 1.13 bits per heavy atom. The van der Waals surface area contributed by atoms with Crippen LogP contribution in [-0.4, -0.2) is 41.8 Å². The lowest BCUT2D eigenvalue weighted by atomic mass is 9.92. The van der Waals surface area contributed by atoms with Gasteiger partial charge in [-0.05, 0) is 42.3 Å². The third-order valence-corrected chi connectivity index (χ3v) is 4.79. The highest BCUT2D eigenvalue weighted by Gasteiger charge is 2.49. The van der Waals surface area contributed by atoms with Crippen molar-refractivity contribution >= 4 is 23.8 Å². The maximum Gasteiger partial charge on any atom is 0.325 e. The summed E-state index contributed by atoms with van der Waals surface area (Å²) in [5.41, 5.74) is 4.82. The number of hydrogen-bond acceptors (Lipinski definition) is 5. The molecule has 0 aromatic heterocycles. The molecule has 1 atom stereocenters. The molecule has 2 aromatic carbocycles. The Balaban J connectivity index is 1.63. The van der Waals surface area contributed by atoms with Crippen LogP contribution in [0.2, 0.25) is 0 Å². The Labute approximate surface area is 177 Å². The third-order valence-electron chi connectivity index (χ3n) is 4.79. The number of carbonyl (C=O) groups excluding carboxylic acids is 4. The number of imide groups is 1. The minimum atomic E-state index is -1.36. The fourth-order valence-corrected chi connectivity index (χ4v) is 3.08. The number of amides is 5. The molecule has 1 aliphatic rings. The van der Waals surface area contributed by atoms with E-state index in [1.54, 1.807) is 24.3 Å². The second kappa shape index (κ2) is 8.82. The first-order valence-corrected chi connectivity index (χ1v) is 9.36. The predicted octanol–water partition coefficient (Wildman–Crippen LogP) is 0.773. The van der Waals surface area contributed by atoms with Crippen molar-refractivity contribution in [2.45, 2.75) is 19.0 Å². The van der Waals surface area contributed by atoms with Crippen molar-refractivity contribution in [3.8, 4) is 5.75 Å². The largest absolute Gasteiger partial charge is 0.484 e. The van der Waals surface area contributed by atoms with E-state index in [1.807, 2.05) is 0 Å². The second-order valence-electron chi connectivity index (χ2n) is 7.13. The summed E-state index contributed by atoms with van der Waals surface area (Å²) in [6.45, 7) is 0.921. The monoisotopic (exact) mass is 428 g/mol. The molecule has 10 heteroatoms. The van der Waals surface area contributed by atoms with Crippen molar-refractivity contribution < 1.29 is 28.3 Å². The van der Waals surface area contributed by atoms with Gasteiger partial charge < -0.3 is 21.1 Å². The van der Waals surface area contributed by atoms with Crippen LogP contribution >= 0.6 is 0 Å². The fraction of sp³-hybridized carbons (Fsp3) is 0.238. The molecule has 0 radical (unpaired) electrons. The van der Waals surface area contributed by atoms with Crippen LogP contribution in [0.1, 0.15) is 18.1 Å². The van der Waals surface area contributed by atoms with Crippen LogP contribution in [0.15, 0.2) is 48.5 Å². The van der Waals surface area contributed by atoms with E-state index in [0.717, 1.165) is 4.90 Å². The standard InChI is InChI=1S/C21H21FN4O5/c1-21(14-4-8-16(9-5-14)31-12-17(23)27)19(29)26(20(30)25-21)11-18(28)24-10-13-2-6-15(22)7-3-13/h2-9H,10-12H2,1H3,(H2,23,27)(H,24,28)(H,25,30)/t21-/m1/s1. The smallest absolute Gasteiger partial charge is 0.325 e. The van der Waals surface area contributed by atoms with Gasteiger partial charge in [0.05, 0.1) is 0 Å². The number of benzene rings is 2. The first-order valence-electron chi connectivity index (χ1n) is 9.36. The molecule has 4 N–H and O–H groups in total. The number of urea groups is 1. The summed E-state index contributed by atoms with van der Waals surface area (Å²) in [6.07, 6.45) is 0. The van der Waals surface area contributed by atoms with Gasteiger partial charge in [-0.25, -0.2) is 9.18 Å². The van der Waals surface area contributed by atoms with Gasteiger partial charge in [0.1, 0.15) is 23.7 Å². The summed E-state index contributed by atoms with van der Waals surface area (Å²) in [5.74, 6) is -1.75. The number of halogens is 1. The van der Waals surface area contributed by atoms with Gasteiger partial charge in [-0.1, -0.05) is 24.3 Å². The van der Waals surface area contributed by atoms with Crippen LogP contribution in [0.4, 0.5) is 9.18 Å². The molecule has 0 aliphatic carbocycles. The summed E-state index contributed by atoms with van der Waals surface area (Å²) < 4.78 is 18.1. The average Bonchev–Trinajstić information content (AvgIpc) is 2.96. The Kier molecular flexibility index (Phi) is 6.19. The number of nitrogens with one attached hydrogen (secondary N) is 2. The third kappa shape index (κ3) is 4.97. The maximum absolute atomic E-state index is 12.9. The van der Waals surface area contributed by atoms with E-state index < -0.39 is 35.8 Å². The first-order chi connectivity index (χ1) is 14.7. The van der Waals surface area contributed by atoms with Crippen LogP contribution in [0.25, 0.3) is 0 Å². The van der Waals surface area contributed by atoms with E-state index in [-0.39, 0.29) is 19.0 Å². The molecule has 9 nitrogen and oxygen atoms in total. The molecule has 1 heterocycles. The number of rotatable bonds is 8. The predicted molar refractivity (Wildman–Crippen MR) is 107 cm³/mol. The molecule has 3 rings (SSSR count). The molecule has 0 spiro atoms. The minimum Gasteiger partial charge on any atom is -0.484 e. The van der Waals surface area contributed by atoms with Gasteiger partial charge in [0, 0.05) is 6.54 Å². The van der Waals surface area contributed by atoms with Crippen molar-refractivity contribution in [3.05, 3.63) is 65.5 Å². The van der Waals surface area contributed by atoms with E-state index in [4.69, 9.17) is 10.5 Å². The van der Waals surface area contributed by atoms with Crippen molar-refractivity contribution in [2.24, 2.45) is 5.73 Å². The number of carbonyl (C=O) groups is 4. The molecule has 1 aliphatic heterocycles. The van der Waals surface area contributed by atoms with Crippen LogP contribution in [0.5, 0.6) is 5.75 Å². The molecule has 2 aromatic rings. The Hall–Kier alpha value is -3.95. The summed E-state index contributed by atoms with van der Waals surface area (Å²) in [4.78, 5) is 49.1. The van der Waals surface area contributed by atoms with Gasteiger partial charge in [0.25, 0.3) is 11.8 Å². The molecular weight excluding hydrogens is 407 g/mol. The normalized spacial score (nSPS) is 17.9. The summed E-state index contributed by atoms with van der Waals surface area (Å²) in [6, 6.07) is 11.1. The maximum atomic E-state index is 12.9. The fourth-order valence-electron chi connectivity index (χ4n) is 3.08. The van der Waals surface area contributed by atoms with E-state index in [1.165, 1.54) is 31.2 Å². The number of hydrogen-bond donors (Lipinski definition) is 3. The zero-order chi connectivity index (χ0) is 22.6. The topological polar surface area (TPSA) is 131 Å². The first kappa shape index (κ1) is 21.8. The summed E-state index contributed by atoms with van der Waals surface area (Å²) in [7, 11) is 0. The minimum absolute atomic E-state index is 0.132. The van der Waals surface area contributed by atoms with Crippen LogP contribution in [-0.2, 0) is 26.5 Å². The average molecular weight is 428 g/mol. The van der Waals surface area contributed by atoms with Crippen LogP contribution in [0, 0.1) is 5.82 Å². The van der Waals surface area contributed by atoms with E-state index in [0.29, 0.717) is 16.9 Å². The molecule has 0 unspecified atom stereocenters. The second-order valence-corrected chi connectivity index (χ2v) is 7.13. The van der Waals surface area contributed by atoms with Crippen molar-refractivity contribution in [1.29, 1.82) is 0 Å². The van der Waals surface area contributed by atoms with Gasteiger partial charge in [0.15, 0.2) is 6.61 Å². The van der Waals surface area contributed by atoms with Gasteiger partial charge in [-0.2, -0.15) is 0 Å². The summed E-state index contributed by atoms with van der Waals surface area (Å²) in [5, 5.41) is 5.20. The molecule has 0 bridgehead atoms. The quantitative estimate of drug-likeness (QED) is 0.535. The Bertz CT molecular complexity index is 1010. The van der Waals surface area contributed by atoms with Gasteiger partial charge >= 0.3 is 6.03 Å². The van der Waals surface area contributed by atoms with Crippen molar-refractivity contribution in [1.82, 2.24) is 15.5 Å². The molecule has 31 heavy (non-hydrogen) atoms.